The average Bonchev–Trinajstić information content (AvgIpc) is 2.63. The first-order valence-electron chi connectivity index (χ1n) is 12.7. The van der Waals surface area contributed by atoms with Crippen LogP contribution in [0.4, 0.5) is 0 Å². The Hall–Kier alpha value is -1.10. The molecule has 0 amide bonds. The molecule has 0 aromatic carbocycles. The van der Waals surface area contributed by atoms with Crippen molar-refractivity contribution in [1.82, 2.24) is 0 Å². The molecule has 0 aromatic heterocycles. The molecule has 5 nitrogen and oxygen atoms in total. The van der Waals surface area contributed by atoms with E-state index in [9.17, 15) is 9.59 Å². The quantitative estimate of drug-likeness (QED) is 0.305. The lowest BCUT2D eigenvalue weighted by Crippen LogP contribution is -2.60. The molecule has 32 heavy (non-hydrogen) atoms. The SMILES string of the molecule is CCC(C)(C)C(=O)OC12CC3CC(C1)CC(C(=O)OC(CC(C)(C)C)OCC(C)C)(C3)C2. The van der Waals surface area contributed by atoms with Crippen molar-refractivity contribution in [2.24, 2.45) is 34.0 Å². The van der Waals surface area contributed by atoms with Crippen LogP contribution in [0.3, 0.4) is 0 Å². The molecule has 4 saturated carbocycles. The molecule has 0 aromatic rings. The zero-order valence-corrected chi connectivity index (χ0v) is 21.7. The second-order valence-electron chi connectivity index (χ2n) is 13.4. The number of esters is 2. The maximum Gasteiger partial charge on any atom is 0.314 e. The van der Waals surface area contributed by atoms with Gasteiger partial charge in [-0.3, -0.25) is 9.59 Å². The molecule has 0 aliphatic heterocycles. The van der Waals surface area contributed by atoms with Gasteiger partial charge in [0.15, 0.2) is 0 Å². The molecule has 0 heterocycles. The first kappa shape index (κ1) is 25.5. The van der Waals surface area contributed by atoms with E-state index in [1.54, 1.807) is 0 Å². The van der Waals surface area contributed by atoms with Gasteiger partial charge in [-0.2, -0.15) is 0 Å². The third kappa shape index (κ3) is 5.69. The molecule has 3 unspecified atom stereocenters. The van der Waals surface area contributed by atoms with E-state index in [0.717, 1.165) is 38.5 Å². The molecule has 0 N–H and O–H groups in total. The third-order valence-corrected chi connectivity index (χ3v) is 7.82. The molecule has 0 spiro atoms. The predicted octanol–water partition coefficient (Wildman–Crippen LogP) is 6.28. The van der Waals surface area contributed by atoms with E-state index in [2.05, 4.69) is 34.6 Å². The Morgan fingerprint density at radius 2 is 1.59 bits per heavy atom. The minimum absolute atomic E-state index is 0.00805. The smallest absolute Gasteiger partial charge is 0.314 e. The van der Waals surface area contributed by atoms with Gasteiger partial charge in [0.05, 0.1) is 17.4 Å². The maximum absolute atomic E-state index is 13.7. The summed E-state index contributed by atoms with van der Waals surface area (Å²) in [6, 6.07) is 0. The Balaban J connectivity index is 1.77. The Bertz CT molecular complexity index is 687. The van der Waals surface area contributed by atoms with Crippen molar-refractivity contribution >= 4 is 11.9 Å². The fourth-order valence-corrected chi connectivity index (χ4v) is 6.19. The maximum atomic E-state index is 13.7. The van der Waals surface area contributed by atoms with Crippen molar-refractivity contribution in [3.05, 3.63) is 0 Å². The number of ether oxygens (including phenoxy) is 3. The van der Waals surface area contributed by atoms with E-state index in [1.165, 1.54) is 0 Å². The van der Waals surface area contributed by atoms with Gasteiger partial charge in [-0.25, -0.2) is 0 Å². The van der Waals surface area contributed by atoms with Crippen LogP contribution in [0.25, 0.3) is 0 Å². The van der Waals surface area contributed by atoms with Crippen LogP contribution in [-0.2, 0) is 23.8 Å². The molecule has 4 fully saturated rings. The van der Waals surface area contributed by atoms with Crippen LogP contribution in [0.15, 0.2) is 0 Å². The fourth-order valence-electron chi connectivity index (χ4n) is 6.19. The Morgan fingerprint density at radius 3 is 2.09 bits per heavy atom. The number of carbonyl (C=O) groups excluding carboxylic acids is 2. The van der Waals surface area contributed by atoms with E-state index in [4.69, 9.17) is 14.2 Å². The summed E-state index contributed by atoms with van der Waals surface area (Å²) in [7, 11) is 0. The van der Waals surface area contributed by atoms with Crippen molar-refractivity contribution in [3.63, 3.8) is 0 Å². The lowest BCUT2D eigenvalue weighted by Gasteiger charge is -2.60. The van der Waals surface area contributed by atoms with Crippen molar-refractivity contribution < 1.29 is 23.8 Å². The third-order valence-electron chi connectivity index (χ3n) is 7.82. The second kappa shape index (κ2) is 8.92. The highest BCUT2D eigenvalue weighted by atomic mass is 16.7. The summed E-state index contributed by atoms with van der Waals surface area (Å²) in [6.45, 7) is 17.1. The molecule has 4 aliphatic carbocycles. The minimum atomic E-state index is -0.544. The highest BCUT2D eigenvalue weighted by molar-refractivity contribution is 5.79. The molecule has 4 rings (SSSR count). The number of hydrogen-bond acceptors (Lipinski definition) is 5. The van der Waals surface area contributed by atoms with E-state index >= 15 is 0 Å². The average molecular weight is 451 g/mol. The lowest BCUT2D eigenvalue weighted by atomic mass is 9.48. The van der Waals surface area contributed by atoms with Gasteiger partial charge in [-0.05, 0) is 75.5 Å². The highest BCUT2D eigenvalue weighted by Gasteiger charge is 2.63. The van der Waals surface area contributed by atoms with Crippen molar-refractivity contribution in [1.29, 1.82) is 0 Å². The van der Waals surface area contributed by atoms with Crippen molar-refractivity contribution in [3.8, 4) is 0 Å². The number of rotatable bonds is 9. The molecule has 4 aliphatic rings. The summed E-state index contributed by atoms with van der Waals surface area (Å²) in [5, 5.41) is 0. The summed E-state index contributed by atoms with van der Waals surface area (Å²) in [5.41, 5.74) is -1.56. The predicted molar refractivity (Wildman–Crippen MR) is 125 cm³/mol. The van der Waals surface area contributed by atoms with Gasteiger partial charge < -0.3 is 14.2 Å². The van der Waals surface area contributed by atoms with Gasteiger partial charge in [-0.15, -0.1) is 0 Å². The van der Waals surface area contributed by atoms with Gasteiger partial charge in [0.1, 0.15) is 5.60 Å². The topological polar surface area (TPSA) is 61.8 Å². The highest BCUT2D eigenvalue weighted by Crippen LogP contribution is 2.63. The van der Waals surface area contributed by atoms with Gasteiger partial charge in [-0.1, -0.05) is 41.5 Å². The largest absolute Gasteiger partial charge is 0.459 e. The van der Waals surface area contributed by atoms with E-state index in [0.29, 0.717) is 37.2 Å². The van der Waals surface area contributed by atoms with Crippen LogP contribution in [0.1, 0.15) is 107 Å². The summed E-state index contributed by atoms with van der Waals surface area (Å²) in [5.74, 6) is 0.967. The van der Waals surface area contributed by atoms with Gasteiger partial charge in [0.25, 0.3) is 0 Å². The van der Waals surface area contributed by atoms with Crippen LogP contribution >= 0.6 is 0 Å². The van der Waals surface area contributed by atoms with Gasteiger partial charge >= 0.3 is 11.9 Å². The summed E-state index contributed by atoms with van der Waals surface area (Å²) in [6.07, 6.45) is 6.10. The van der Waals surface area contributed by atoms with Crippen LogP contribution < -0.4 is 0 Å². The number of hydrogen-bond donors (Lipinski definition) is 0. The lowest BCUT2D eigenvalue weighted by molar-refractivity contribution is -0.232. The van der Waals surface area contributed by atoms with Gasteiger partial charge in [0.2, 0.25) is 6.29 Å². The second-order valence-corrected chi connectivity index (χ2v) is 13.4. The van der Waals surface area contributed by atoms with Crippen molar-refractivity contribution in [2.45, 2.75) is 119 Å². The zero-order valence-electron chi connectivity index (χ0n) is 21.7. The molecule has 184 valence electrons. The molecular weight excluding hydrogens is 404 g/mol. The van der Waals surface area contributed by atoms with Gasteiger partial charge in [0, 0.05) is 12.8 Å². The molecule has 0 saturated heterocycles. The van der Waals surface area contributed by atoms with Crippen LogP contribution in [0.2, 0.25) is 0 Å². The van der Waals surface area contributed by atoms with E-state index in [-0.39, 0.29) is 17.4 Å². The van der Waals surface area contributed by atoms with E-state index in [1.807, 2.05) is 20.8 Å². The van der Waals surface area contributed by atoms with Crippen LogP contribution in [-0.4, -0.2) is 30.4 Å². The first-order valence-corrected chi connectivity index (χ1v) is 12.7. The molecule has 0 radical (unpaired) electrons. The standard InChI is InChI=1S/C27H46O5/c1-9-25(7,8)22(28)32-27-13-19-10-20(14-27)12-26(11-19,17-27)23(29)31-21(15-24(4,5)6)30-16-18(2)3/h18-21H,9-17H2,1-8H3. The van der Waals surface area contributed by atoms with Crippen molar-refractivity contribution in [2.75, 3.05) is 6.61 Å². The minimum Gasteiger partial charge on any atom is -0.459 e. The van der Waals surface area contributed by atoms with Crippen LogP contribution in [0, 0.1) is 34.0 Å². The number of carbonyl (C=O) groups is 2. The monoisotopic (exact) mass is 450 g/mol. The first-order chi connectivity index (χ1) is 14.7. The summed E-state index contributed by atoms with van der Waals surface area (Å²) >= 11 is 0. The molecule has 4 bridgehead atoms. The molecule has 5 heteroatoms. The normalized spacial score (nSPS) is 32.8. The summed E-state index contributed by atoms with van der Waals surface area (Å²) in [4.78, 5) is 26.7. The zero-order chi connectivity index (χ0) is 23.9. The summed E-state index contributed by atoms with van der Waals surface area (Å²) < 4.78 is 18.4. The fraction of sp³-hybridized carbons (Fsp3) is 0.926. The molecular formula is C27H46O5. The Morgan fingerprint density at radius 1 is 1.00 bits per heavy atom. The Kier molecular flexibility index (Phi) is 7.12. The molecule has 3 atom stereocenters. The van der Waals surface area contributed by atoms with Crippen LogP contribution in [0.5, 0.6) is 0 Å². The van der Waals surface area contributed by atoms with E-state index < -0.39 is 22.7 Å². The Labute approximate surface area is 195 Å².